The fraction of sp³-hybridized carbons (Fsp3) is 0.278. The summed E-state index contributed by atoms with van der Waals surface area (Å²) in [6.07, 6.45) is 3.60. The van der Waals surface area contributed by atoms with E-state index in [0.29, 0.717) is 0 Å². The van der Waals surface area contributed by atoms with Crippen LogP contribution < -0.4 is 0 Å². The molecule has 1 heterocycles. The maximum atomic E-state index is 9.38. The van der Waals surface area contributed by atoms with E-state index in [0.717, 1.165) is 28.7 Å². The molecule has 4 aromatic carbocycles. The van der Waals surface area contributed by atoms with Crippen molar-refractivity contribution in [3.8, 4) is 0 Å². The highest BCUT2D eigenvalue weighted by Crippen LogP contribution is 2.56. The Morgan fingerprint density at radius 1 is 0.667 bits per heavy atom. The lowest BCUT2D eigenvalue weighted by molar-refractivity contribution is -0.136. The number of aliphatic hydroxyl groups is 1. The minimum atomic E-state index is -1.01. The van der Waals surface area contributed by atoms with Gasteiger partial charge in [-0.2, -0.15) is 0 Å². The van der Waals surface area contributed by atoms with Gasteiger partial charge >= 0.3 is 7.12 Å². The molecule has 0 radical (unpaired) electrons. The first-order valence-electron chi connectivity index (χ1n) is 14.6. The van der Waals surface area contributed by atoms with Crippen LogP contribution in [0.5, 0.6) is 0 Å². The molecule has 4 aromatic rings. The highest BCUT2D eigenvalue weighted by Gasteiger charge is 2.65. The van der Waals surface area contributed by atoms with Gasteiger partial charge in [-0.15, -0.1) is 0 Å². The van der Waals surface area contributed by atoms with Gasteiger partial charge in [-0.1, -0.05) is 133 Å². The molecule has 0 aromatic heterocycles. The van der Waals surface area contributed by atoms with E-state index in [9.17, 15) is 5.11 Å². The number of methoxy groups -OCH3 is 2. The van der Waals surface area contributed by atoms with Gasteiger partial charge in [0, 0.05) is 20.0 Å². The first-order valence-corrected chi connectivity index (χ1v) is 14.6. The van der Waals surface area contributed by atoms with Crippen molar-refractivity contribution in [3.63, 3.8) is 0 Å². The molecule has 0 bridgehead atoms. The zero-order chi connectivity index (χ0) is 29.0. The van der Waals surface area contributed by atoms with Crippen molar-refractivity contribution in [2.75, 3.05) is 20.8 Å². The number of benzene rings is 4. The topological polar surface area (TPSA) is 57.2 Å². The Kier molecular flexibility index (Phi) is 8.43. The average Bonchev–Trinajstić information content (AvgIpc) is 3.72. The summed E-state index contributed by atoms with van der Waals surface area (Å²) in [5.41, 5.74) is 1.85. The molecule has 6 rings (SSSR count). The third-order valence-corrected chi connectivity index (χ3v) is 8.82. The van der Waals surface area contributed by atoms with E-state index in [4.69, 9.17) is 18.8 Å². The molecule has 5 nitrogen and oxygen atoms in total. The summed E-state index contributed by atoms with van der Waals surface area (Å²) in [7, 11) is 3.01. The molecule has 6 heteroatoms. The molecular weight excluding hydrogens is 523 g/mol. The Bertz CT molecular complexity index is 1270. The van der Waals surface area contributed by atoms with Gasteiger partial charge in [0.2, 0.25) is 0 Å². The summed E-state index contributed by atoms with van der Waals surface area (Å²) in [4.78, 5) is 0. The lowest BCUT2D eigenvalue weighted by Crippen LogP contribution is -2.56. The van der Waals surface area contributed by atoms with Crippen LogP contribution in [0.15, 0.2) is 133 Å². The molecule has 0 unspecified atom stereocenters. The molecule has 0 amide bonds. The Morgan fingerprint density at radius 3 is 1.33 bits per heavy atom. The summed E-state index contributed by atoms with van der Waals surface area (Å²) in [6.45, 7) is 0.0183. The molecule has 2 aliphatic rings. The zero-order valence-electron chi connectivity index (χ0n) is 24.1. The summed E-state index contributed by atoms with van der Waals surface area (Å²) in [6, 6.07) is 41.0. The van der Waals surface area contributed by atoms with E-state index in [1.54, 1.807) is 20.3 Å². The van der Waals surface area contributed by atoms with Crippen molar-refractivity contribution in [2.45, 2.75) is 35.6 Å². The van der Waals surface area contributed by atoms with E-state index in [-0.39, 0.29) is 18.3 Å². The second-order valence-corrected chi connectivity index (χ2v) is 11.0. The fourth-order valence-electron chi connectivity index (χ4n) is 6.73. The number of hydrogen-bond donors (Lipinski definition) is 1. The minimum absolute atomic E-state index is 0.0183. The van der Waals surface area contributed by atoms with Gasteiger partial charge in [0.1, 0.15) is 23.4 Å². The molecule has 1 N–H and O–H groups in total. The molecule has 1 saturated carbocycles. The minimum Gasteiger partial charge on any atom is -0.402 e. The summed E-state index contributed by atoms with van der Waals surface area (Å²) in [5.74, 6) is 0.430. The number of rotatable bonds is 11. The van der Waals surface area contributed by atoms with Crippen LogP contribution in [0, 0.1) is 5.92 Å². The first kappa shape index (κ1) is 28.6. The fourth-order valence-corrected chi connectivity index (χ4v) is 6.73. The lowest BCUT2D eigenvalue weighted by Gasteiger charge is -2.47. The van der Waals surface area contributed by atoms with Crippen molar-refractivity contribution in [1.29, 1.82) is 0 Å². The van der Waals surface area contributed by atoms with E-state index in [1.807, 2.05) is 72.8 Å². The van der Waals surface area contributed by atoms with Crippen molar-refractivity contribution < 1.29 is 23.9 Å². The average molecular weight is 560 g/mol. The van der Waals surface area contributed by atoms with E-state index in [2.05, 4.69) is 54.6 Å². The second kappa shape index (κ2) is 12.4. The zero-order valence-corrected chi connectivity index (χ0v) is 24.1. The maximum absolute atomic E-state index is 9.38. The summed E-state index contributed by atoms with van der Waals surface area (Å²) in [5, 5.41) is 9.38. The first-order chi connectivity index (χ1) is 20.7. The third-order valence-electron chi connectivity index (χ3n) is 8.82. The Balaban J connectivity index is 1.58. The van der Waals surface area contributed by atoms with Crippen molar-refractivity contribution in [2.24, 2.45) is 5.92 Å². The van der Waals surface area contributed by atoms with E-state index < -0.39 is 30.5 Å². The highest BCUT2D eigenvalue weighted by molar-refractivity contribution is 6.48. The predicted octanol–water partition coefficient (Wildman–Crippen LogP) is 6.38. The van der Waals surface area contributed by atoms with Gasteiger partial charge < -0.3 is 23.9 Å². The lowest BCUT2D eigenvalue weighted by atomic mass is 9.71. The van der Waals surface area contributed by atoms with Crippen molar-refractivity contribution >= 4 is 7.12 Å². The third kappa shape index (κ3) is 4.93. The van der Waals surface area contributed by atoms with Crippen LogP contribution >= 0.6 is 0 Å². The molecule has 4 atom stereocenters. The number of allylic oxidation sites excluding steroid dienone is 1. The van der Waals surface area contributed by atoms with Gasteiger partial charge in [0.15, 0.2) is 0 Å². The van der Waals surface area contributed by atoms with Gasteiger partial charge in [0.05, 0.1) is 6.61 Å². The Labute approximate surface area is 248 Å². The van der Waals surface area contributed by atoms with Gasteiger partial charge in [-0.25, -0.2) is 0 Å². The van der Waals surface area contributed by atoms with E-state index >= 15 is 0 Å². The number of ether oxygens (including phenoxy) is 2. The normalized spacial score (nSPS) is 22.5. The van der Waals surface area contributed by atoms with Crippen LogP contribution in [0.1, 0.15) is 28.7 Å². The molecule has 0 spiro atoms. The molecule has 1 saturated heterocycles. The summed E-state index contributed by atoms with van der Waals surface area (Å²) < 4.78 is 27.5. The number of hydrogen-bond acceptors (Lipinski definition) is 5. The SMILES string of the molecule is COC(c1ccccc1)(c1ccccc1)[C@@H]1OB([C@H]2C[C@@H]2/C=C/CO)O[C@H]1C(OC)(c1ccccc1)c1ccccc1. The largest absolute Gasteiger partial charge is 0.461 e. The molecule has 1 aliphatic carbocycles. The highest BCUT2D eigenvalue weighted by atomic mass is 16.7. The smallest absolute Gasteiger partial charge is 0.402 e. The van der Waals surface area contributed by atoms with Crippen molar-refractivity contribution in [1.82, 2.24) is 0 Å². The molecule has 42 heavy (non-hydrogen) atoms. The molecule has 2 fully saturated rings. The number of aliphatic hydroxyl groups excluding tert-OH is 1. The van der Waals surface area contributed by atoms with Crippen LogP contribution in [-0.4, -0.2) is 45.3 Å². The van der Waals surface area contributed by atoms with Gasteiger partial charge in [0.25, 0.3) is 0 Å². The standard InChI is InChI=1S/C36H37BO5/c1-39-35(28-17-7-3-8-18-28,29-19-9-4-10-20-29)33-34(42-37(41-33)32-26-27(32)16-15-25-38)36(40-2,30-21-11-5-12-22-30)31-23-13-6-14-24-31/h3-24,27,32-34,38H,25-26H2,1-2H3/b16-15+/t27-,32-,33+,34+/m0/s1. The van der Waals surface area contributed by atoms with Crippen molar-refractivity contribution in [3.05, 3.63) is 156 Å². The molecule has 214 valence electrons. The van der Waals surface area contributed by atoms with Crippen LogP contribution in [0.25, 0.3) is 0 Å². The van der Waals surface area contributed by atoms with Crippen LogP contribution in [0.4, 0.5) is 0 Å². The molecule has 1 aliphatic heterocycles. The Morgan fingerprint density at radius 2 is 1.02 bits per heavy atom. The monoisotopic (exact) mass is 560 g/mol. The van der Waals surface area contributed by atoms with E-state index in [1.165, 1.54) is 0 Å². The Hall–Kier alpha value is -3.52. The van der Waals surface area contributed by atoms with Crippen LogP contribution in [0.2, 0.25) is 5.82 Å². The van der Waals surface area contributed by atoms with Crippen LogP contribution in [0.3, 0.4) is 0 Å². The van der Waals surface area contributed by atoms with Gasteiger partial charge in [-0.05, 0) is 34.6 Å². The summed E-state index contributed by atoms with van der Waals surface area (Å²) >= 11 is 0. The van der Waals surface area contributed by atoms with Crippen LogP contribution in [-0.2, 0) is 30.0 Å². The second-order valence-electron chi connectivity index (χ2n) is 11.0. The maximum Gasteiger partial charge on any atom is 0.461 e. The molecular formula is C36H37BO5. The quantitative estimate of drug-likeness (QED) is 0.171. The van der Waals surface area contributed by atoms with Gasteiger partial charge in [-0.3, -0.25) is 0 Å². The predicted molar refractivity (Wildman–Crippen MR) is 165 cm³/mol.